The molecule has 16 heavy (non-hydrogen) atoms. The molecule has 0 saturated carbocycles. The van der Waals surface area contributed by atoms with Gasteiger partial charge in [0.15, 0.2) is 0 Å². The van der Waals surface area contributed by atoms with E-state index in [2.05, 4.69) is 11.9 Å². The fourth-order valence-corrected chi connectivity index (χ4v) is 1.88. The van der Waals surface area contributed by atoms with Gasteiger partial charge in [-0.2, -0.15) is 0 Å². The topological polar surface area (TPSA) is 37.8 Å². The molecule has 1 aromatic carbocycles. The van der Waals surface area contributed by atoms with Crippen molar-refractivity contribution in [2.45, 2.75) is 32.7 Å². The monoisotopic (exact) mass is 222 g/mol. The first-order valence-corrected chi connectivity index (χ1v) is 5.60. The molecular formula is C12H15FN2O. The van der Waals surface area contributed by atoms with Crippen molar-refractivity contribution in [3.63, 3.8) is 0 Å². The lowest BCUT2D eigenvalue weighted by atomic mass is 10.2. The largest absolute Gasteiger partial charge is 0.326 e. The minimum atomic E-state index is -0.325. The summed E-state index contributed by atoms with van der Waals surface area (Å²) in [5, 5.41) is 0. The summed E-state index contributed by atoms with van der Waals surface area (Å²) in [6.45, 7) is 2.81. The molecule has 0 aliphatic rings. The number of hydrogen-bond acceptors (Lipinski definition) is 1. The van der Waals surface area contributed by atoms with Crippen LogP contribution in [0.3, 0.4) is 0 Å². The molecule has 4 heteroatoms. The summed E-state index contributed by atoms with van der Waals surface area (Å²) in [4.78, 5) is 14.3. The molecule has 0 bridgehead atoms. The number of nitrogens with one attached hydrogen (secondary N) is 1. The summed E-state index contributed by atoms with van der Waals surface area (Å²) in [5.74, 6) is -0.325. The molecule has 0 amide bonds. The third kappa shape index (κ3) is 2.01. The van der Waals surface area contributed by atoms with Crippen molar-refractivity contribution in [2.75, 3.05) is 0 Å². The van der Waals surface area contributed by atoms with E-state index in [4.69, 9.17) is 0 Å². The van der Waals surface area contributed by atoms with Gasteiger partial charge in [0.1, 0.15) is 5.82 Å². The van der Waals surface area contributed by atoms with E-state index in [0.717, 1.165) is 24.8 Å². The number of imidazole rings is 1. The molecule has 1 heterocycles. The van der Waals surface area contributed by atoms with Crippen molar-refractivity contribution in [1.82, 2.24) is 9.55 Å². The van der Waals surface area contributed by atoms with Gasteiger partial charge in [-0.25, -0.2) is 9.18 Å². The first-order chi connectivity index (χ1) is 7.72. The van der Waals surface area contributed by atoms with Gasteiger partial charge in [0, 0.05) is 6.54 Å². The van der Waals surface area contributed by atoms with Gasteiger partial charge >= 0.3 is 5.69 Å². The minimum absolute atomic E-state index is 0.156. The zero-order valence-corrected chi connectivity index (χ0v) is 9.29. The van der Waals surface area contributed by atoms with Crippen LogP contribution in [0.25, 0.3) is 11.0 Å². The van der Waals surface area contributed by atoms with Gasteiger partial charge in [0.2, 0.25) is 0 Å². The molecule has 1 aromatic heterocycles. The van der Waals surface area contributed by atoms with Gasteiger partial charge < -0.3 is 4.98 Å². The first-order valence-electron chi connectivity index (χ1n) is 5.60. The van der Waals surface area contributed by atoms with Crippen LogP contribution >= 0.6 is 0 Å². The average molecular weight is 222 g/mol. The number of rotatable bonds is 4. The fourth-order valence-electron chi connectivity index (χ4n) is 1.88. The predicted octanol–water partition coefficient (Wildman–Crippen LogP) is 2.66. The van der Waals surface area contributed by atoms with E-state index in [1.54, 1.807) is 10.6 Å². The lowest BCUT2D eigenvalue weighted by molar-refractivity contribution is 0.600. The van der Waals surface area contributed by atoms with Crippen molar-refractivity contribution in [3.8, 4) is 0 Å². The van der Waals surface area contributed by atoms with E-state index < -0.39 is 0 Å². The maximum Gasteiger partial charge on any atom is 0.326 e. The van der Waals surface area contributed by atoms with E-state index in [9.17, 15) is 9.18 Å². The maximum absolute atomic E-state index is 13.0. The molecule has 2 rings (SSSR count). The number of hydrogen-bond donors (Lipinski definition) is 1. The zero-order chi connectivity index (χ0) is 11.5. The van der Waals surface area contributed by atoms with E-state index in [1.165, 1.54) is 12.1 Å². The Hall–Kier alpha value is -1.58. The average Bonchev–Trinajstić information content (AvgIpc) is 2.55. The Labute approximate surface area is 92.9 Å². The van der Waals surface area contributed by atoms with Crippen LogP contribution in [-0.4, -0.2) is 9.55 Å². The highest BCUT2D eigenvalue weighted by Crippen LogP contribution is 2.12. The Morgan fingerprint density at radius 2 is 2.19 bits per heavy atom. The first kappa shape index (κ1) is 10.9. The second-order valence-electron chi connectivity index (χ2n) is 3.95. The highest BCUT2D eigenvalue weighted by atomic mass is 19.1. The van der Waals surface area contributed by atoms with Gasteiger partial charge in [-0.3, -0.25) is 4.57 Å². The molecule has 0 fully saturated rings. The van der Waals surface area contributed by atoms with Crippen molar-refractivity contribution in [1.29, 1.82) is 0 Å². The van der Waals surface area contributed by atoms with E-state index >= 15 is 0 Å². The van der Waals surface area contributed by atoms with Crippen LogP contribution in [0, 0.1) is 5.82 Å². The standard InChI is InChI=1S/C12H15FN2O/c1-2-3-4-7-15-11-6-5-9(13)8-10(11)14-12(15)16/h5-6,8H,2-4,7H2,1H3,(H,14,16). The van der Waals surface area contributed by atoms with Crippen LogP contribution in [0.15, 0.2) is 23.0 Å². The third-order valence-electron chi connectivity index (χ3n) is 2.72. The molecule has 0 radical (unpaired) electrons. The lowest BCUT2D eigenvalue weighted by Gasteiger charge is -2.01. The summed E-state index contributed by atoms with van der Waals surface area (Å²) in [6.07, 6.45) is 3.19. The molecule has 0 spiro atoms. The Morgan fingerprint density at radius 1 is 1.38 bits per heavy atom. The minimum Gasteiger partial charge on any atom is -0.305 e. The number of nitrogens with zero attached hydrogens (tertiary/aromatic N) is 1. The molecule has 3 nitrogen and oxygen atoms in total. The van der Waals surface area contributed by atoms with Crippen molar-refractivity contribution < 1.29 is 4.39 Å². The van der Waals surface area contributed by atoms with Gasteiger partial charge in [-0.1, -0.05) is 19.8 Å². The number of fused-ring (bicyclic) bond motifs is 1. The number of aryl methyl sites for hydroxylation is 1. The number of halogens is 1. The second kappa shape index (κ2) is 4.51. The van der Waals surface area contributed by atoms with Crippen molar-refractivity contribution in [2.24, 2.45) is 0 Å². The molecular weight excluding hydrogens is 207 g/mol. The number of aromatic nitrogens is 2. The lowest BCUT2D eigenvalue weighted by Crippen LogP contribution is -2.16. The van der Waals surface area contributed by atoms with Crippen LogP contribution in [-0.2, 0) is 6.54 Å². The molecule has 86 valence electrons. The Bertz CT molecular complexity index is 541. The van der Waals surface area contributed by atoms with E-state index in [1.807, 2.05) is 0 Å². The van der Waals surface area contributed by atoms with Crippen LogP contribution in [0.4, 0.5) is 4.39 Å². The molecule has 0 aliphatic carbocycles. The third-order valence-corrected chi connectivity index (χ3v) is 2.72. The highest BCUT2D eigenvalue weighted by molar-refractivity contribution is 5.75. The zero-order valence-electron chi connectivity index (χ0n) is 9.29. The number of aromatic amines is 1. The van der Waals surface area contributed by atoms with Gasteiger partial charge in [-0.05, 0) is 24.6 Å². The quantitative estimate of drug-likeness (QED) is 0.793. The number of H-pyrrole nitrogens is 1. The predicted molar refractivity (Wildman–Crippen MR) is 62.0 cm³/mol. The Kier molecular flexibility index (Phi) is 3.08. The van der Waals surface area contributed by atoms with Crippen LogP contribution in [0.5, 0.6) is 0 Å². The van der Waals surface area contributed by atoms with Gasteiger partial charge in [-0.15, -0.1) is 0 Å². The smallest absolute Gasteiger partial charge is 0.305 e. The Morgan fingerprint density at radius 3 is 2.94 bits per heavy atom. The van der Waals surface area contributed by atoms with Crippen LogP contribution in [0.1, 0.15) is 26.2 Å². The molecule has 0 unspecified atom stereocenters. The Balaban J connectivity index is 2.36. The van der Waals surface area contributed by atoms with Gasteiger partial charge in [0.05, 0.1) is 11.0 Å². The number of benzene rings is 1. The van der Waals surface area contributed by atoms with Crippen LogP contribution in [0.2, 0.25) is 0 Å². The summed E-state index contributed by atoms with van der Waals surface area (Å²) >= 11 is 0. The maximum atomic E-state index is 13.0. The summed E-state index contributed by atoms with van der Waals surface area (Å²) < 4.78 is 14.6. The SMILES string of the molecule is CCCCCn1c(=O)[nH]c2cc(F)ccc21. The normalized spacial score (nSPS) is 11.1. The molecule has 1 N–H and O–H groups in total. The van der Waals surface area contributed by atoms with E-state index in [-0.39, 0.29) is 11.5 Å². The summed E-state index contributed by atoms with van der Waals surface area (Å²) in [5.41, 5.74) is 1.20. The molecule has 2 aromatic rings. The fraction of sp³-hybridized carbons (Fsp3) is 0.417. The second-order valence-corrected chi connectivity index (χ2v) is 3.95. The van der Waals surface area contributed by atoms with Crippen LogP contribution < -0.4 is 5.69 Å². The summed E-state index contributed by atoms with van der Waals surface area (Å²) in [7, 11) is 0. The summed E-state index contributed by atoms with van der Waals surface area (Å²) in [6, 6.07) is 4.38. The highest BCUT2D eigenvalue weighted by Gasteiger charge is 2.06. The number of unbranched alkanes of at least 4 members (excludes halogenated alkanes) is 2. The molecule has 0 aliphatic heterocycles. The van der Waals surface area contributed by atoms with Crippen molar-refractivity contribution >= 4 is 11.0 Å². The van der Waals surface area contributed by atoms with Crippen molar-refractivity contribution in [3.05, 3.63) is 34.5 Å². The van der Waals surface area contributed by atoms with E-state index in [0.29, 0.717) is 12.1 Å². The molecule has 0 saturated heterocycles. The van der Waals surface area contributed by atoms with Gasteiger partial charge in [0.25, 0.3) is 0 Å². The molecule has 0 atom stereocenters.